The lowest BCUT2D eigenvalue weighted by molar-refractivity contribution is -0.146. The summed E-state index contributed by atoms with van der Waals surface area (Å²) >= 11 is 0. The van der Waals surface area contributed by atoms with Crippen LogP contribution in [0.1, 0.15) is 41.5 Å². The molecule has 0 aromatic carbocycles. The van der Waals surface area contributed by atoms with Crippen molar-refractivity contribution >= 4 is 11.9 Å². The van der Waals surface area contributed by atoms with Crippen molar-refractivity contribution in [1.82, 2.24) is 5.32 Å². The summed E-state index contributed by atoms with van der Waals surface area (Å²) in [7, 11) is 0. The Bertz CT molecular complexity index is 342. The summed E-state index contributed by atoms with van der Waals surface area (Å²) in [4.78, 5) is 22.9. The molecule has 0 aliphatic heterocycles. The molecule has 1 aliphatic carbocycles. The van der Waals surface area contributed by atoms with Gasteiger partial charge in [-0.05, 0) is 24.7 Å². The maximum absolute atomic E-state index is 12.0. The number of carbonyl (C=O) groups is 2. The van der Waals surface area contributed by atoms with Gasteiger partial charge in [0.25, 0.3) is 0 Å². The predicted molar refractivity (Wildman–Crippen MR) is 65.5 cm³/mol. The Hall–Kier alpha value is -1.06. The average molecular weight is 241 g/mol. The van der Waals surface area contributed by atoms with Crippen LogP contribution in [-0.2, 0) is 9.59 Å². The van der Waals surface area contributed by atoms with Crippen molar-refractivity contribution in [1.29, 1.82) is 0 Å². The Morgan fingerprint density at radius 3 is 1.88 bits per heavy atom. The molecule has 4 heteroatoms. The first-order valence-corrected chi connectivity index (χ1v) is 5.95. The van der Waals surface area contributed by atoms with Crippen molar-refractivity contribution in [3.8, 4) is 0 Å². The fraction of sp³-hybridized carbons (Fsp3) is 0.846. The Morgan fingerprint density at radius 1 is 1.18 bits per heavy atom. The summed E-state index contributed by atoms with van der Waals surface area (Å²) in [6, 6.07) is 0. The van der Waals surface area contributed by atoms with Gasteiger partial charge >= 0.3 is 5.97 Å². The van der Waals surface area contributed by atoms with Gasteiger partial charge in [0.1, 0.15) is 0 Å². The van der Waals surface area contributed by atoms with Crippen molar-refractivity contribution in [2.24, 2.45) is 22.2 Å². The molecule has 4 nitrogen and oxygen atoms in total. The molecule has 0 radical (unpaired) electrons. The number of amides is 1. The zero-order valence-corrected chi connectivity index (χ0v) is 11.5. The van der Waals surface area contributed by atoms with Gasteiger partial charge in [-0.2, -0.15) is 0 Å². The molecule has 0 spiro atoms. The molecule has 0 saturated heterocycles. The smallest absolute Gasteiger partial charge is 0.310 e. The molecule has 0 aromatic heterocycles. The minimum Gasteiger partial charge on any atom is -0.481 e. The van der Waals surface area contributed by atoms with Crippen molar-refractivity contribution < 1.29 is 14.7 Å². The van der Waals surface area contributed by atoms with Crippen LogP contribution in [0.5, 0.6) is 0 Å². The third kappa shape index (κ3) is 2.17. The quantitative estimate of drug-likeness (QED) is 0.790. The van der Waals surface area contributed by atoms with E-state index in [0.717, 1.165) is 0 Å². The fourth-order valence-electron chi connectivity index (χ4n) is 2.34. The molecule has 1 fully saturated rings. The van der Waals surface area contributed by atoms with E-state index < -0.39 is 11.4 Å². The Balaban J connectivity index is 2.57. The van der Waals surface area contributed by atoms with Crippen molar-refractivity contribution in [3.63, 3.8) is 0 Å². The van der Waals surface area contributed by atoms with Crippen LogP contribution in [0.15, 0.2) is 0 Å². The van der Waals surface area contributed by atoms with Crippen LogP contribution in [0.25, 0.3) is 0 Å². The summed E-state index contributed by atoms with van der Waals surface area (Å²) in [5.74, 6) is -0.957. The van der Waals surface area contributed by atoms with E-state index in [9.17, 15) is 9.59 Å². The number of hydrogen-bond acceptors (Lipinski definition) is 2. The van der Waals surface area contributed by atoms with Crippen LogP contribution >= 0.6 is 0 Å². The van der Waals surface area contributed by atoms with E-state index in [-0.39, 0.29) is 29.2 Å². The lowest BCUT2D eigenvalue weighted by Crippen LogP contribution is -2.40. The normalized spacial score (nSPS) is 22.0. The van der Waals surface area contributed by atoms with E-state index in [1.165, 1.54) is 0 Å². The molecule has 17 heavy (non-hydrogen) atoms. The molecule has 1 rings (SSSR count). The number of nitrogens with one attached hydrogen (secondary N) is 1. The number of carboxylic acid groups (broad SMARTS) is 1. The summed E-state index contributed by atoms with van der Waals surface area (Å²) in [6.07, 6.45) is 0. The van der Waals surface area contributed by atoms with E-state index in [2.05, 4.69) is 33.0 Å². The van der Waals surface area contributed by atoms with E-state index in [4.69, 9.17) is 5.11 Å². The molecule has 0 aromatic rings. The van der Waals surface area contributed by atoms with Gasteiger partial charge in [-0.3, -0.25) is 9.59 Å². The second-order valence-corrected chi connectivity index (χ2v) is 6.78. The maximum Gasteiger partial charge on any atom is 0.310 e. The largest absolute Gasteiger partial charge is 0.481 e. The minimum absolute atomic E-state index is 0.00947. The fourth-order valence-corrected chi connectivity index (χ4v) is 2.34. The van der Waals surface area contributed by atoms with Gasteiger partial charge < -0.3 is 10.4 Å². The molecule has 0 heterocycles. The number of hydrogen-bond donors (Lipinski definition) is 2. The first-order valence-electron chi connectivity index (χ1n) is 5.95. The van der Waals surface area contributed by atoms with E-state index >= 15 is 0 Å². The molecule has 1 amide bonds. The summed E-state index contributed by atoms with van der Waals surface area (Å²) in [5, 5.41) is 11.7. The molecule has 0 atom stereocenters. The first-order chi connectivity index (χ1) is 7.44. The molecule has 1 aliphatic rings. The van der Waals surface area contributed by atoms with Crippen LogP contribution in [0.2, 0.25) is 0 Å². The van der Waals surface area contributed by atoms with Gasteiger partial charge in [0.2, 0.25) is 5.91 Å². The van der Waals surface area contributed by atoms with Crippen molar-refractivity contribution in [2.75, 3.05) is 6.54 Å². The highest BCUT2D eigenvalue weighted by Crippen LogP contribution is 2.68. The average Bonchev–Trinajstić information content (AvgIpc) is 2.54. The highest BCUT2D eigenvalue weighted by molar-refractivity contribution is 5.85. The van der Waals surface area contributed by atoms with Crippen LogP contribution in [0, 0.1) is 22.2 Å². The van der Waals surface area contributed by atoms with Gasteiger partial charge in [-0.1, -0.05) is 27.7 Å². The van der Waals surface area contributed by atoms with Gasteiger partial charge in [0.15, 0.2) is 0 Å². The van der Waals surface area contributed by atoms with Gasteiger partial charge in [-0.15, -0.1) is 0 Å². The van der Waals surface area contributed by atoms with Crippen LogP contribution in [0.4, 0.5) is 0 Å². The number of aliphatic carboxylic acids is 1. The summed E-state index contributed by atoms with van der Waals surface area (Å²) in [6.45, 7) is 11.7. The SMILES string of the molecule is CC(C)(CNC(=O)C1C(C)(C)C1(C)C)C(=O)O. The monoisotopic (exact) mass is 241 g/mol. The van der Waals surface area contributed by atoms with Gasteiger partial charge in [-0.25, -0.2) is 0 Å². The van der Waals surface area contributed by atoms with Crippen molar-refractivity contribution in [3.05, 3.63) is 0 Å². The second kappa shape index (κ2) is 3.72. The van der Waals surface area contributed by atoms with E-state index in [1.54, 1.807) is 13.8 Å². The Labute approximate surface area is 103 Å². The van der Waals surface area contributed by atoms with Crippen LogP contribution < -0.4 is 5.32 Å². The Morgan fingerprint density at radius 2 is 1.59 bits per heavy atom. The lowest BCUT2D eigenvalue weighted by Gasteiger charge is -2.19. The number of carboxylic acids is 1. The molecular weight excluding hydrogens is 218 g/mol. The predicted octanol–water partition coefficient (Wildman–Crippen LogP) is 1.90. The molecular formula is C13H23NO3. The highest BCUT2D eigenvalue weighted by Gasteiger charge is 2.68. The van der Waals surface area contributed by atoms with Gasteiger partial charge in [0, 0.05) is 12.5 Å². The van der Waals surface area contributed by atoms with Crippen LogP contribution in [-0.4, -0.2) is 23.5 Å². The molecule has 2 N–H and O–H groups in total. The Kier molecular flexibility index (Phi) is 3.06. The third-order valence-corrected chi connectivity index (χ3v) is 4.57. The lowest BCUT2D eigenvalue weighted by atomic mass is 9.94. The zero-order chi connectivity index (χ0) is 13.6. The highest BCUT2D eigenvalue weighted by atomic mass is 16.4. The standard InChI is InChI=1S/C13H23NO3/c1-11(2,10(16)17)7-14-9(15)8-12(3,4)13(8,5)6/h8H,7H2,1-6H3,(H,14,15)(H,16,17). The maximum atomic E-state index is 12.0. The number of rotatable bonds is 4. The van der Waals surface area contributed by atoms with Crippen LogP contribution in [0.3, 0.4) is 0 Å². The zero-order valence-electron chi connectivity index (χ0n) is 11.5. The summed E-state index contributed by atoms with van der Waals surface area (Å²) in [5.41, 5.74) is -0.937. The number of carbonyl (C=O) groups excluding carboxylic acids is 1. The van der Waals surface area contributed by atoms with Crippen molar-refractivity contribution in [2.45, 2.75) is 41.5 Å². The molecule has 0 unspecified atom stereocenters. The molecule has 1 saturated carbocycles. The third-order valence-electron chi connectivity index (χ3n) is 4.57. The molecule has 98 valence electrons. The summed E-state index contributed by atoms with van der Waals surface area (Å²) < 4.78 is 0. The van der Waals surface area contributed by atoms with E-state index in [0.29, 0.717) is 0 Å². The molecule has 0 bridgehead atoms. The topological polar surface area (TPSA) is 66.4 Å². The minimum atomic E-state index is -0.918. The van der Waals surface area contributed by atoms with E-state index in [1.807, 2.05) is 0 Å². The van der Waals surface area contributed by atoms with Gasteiger partial charge in [0.05, 0.1) is 5.41 Å². The second-order valence-electron chi connectivity index (χ2n) is 6.78. The first kappa shape index (κ1) is 14.0.